The van der Waals surface area contributed by atoms with Gasteiger partial charge in [-0.25, -0.2) is 9.50 Å². The van der Waals surface area contributed by atoms with Crippen molar-refractivity contribution in [2.24, 2.45) is 0 Å². The van der Waals surface area contributed by atoms with E-state index < -0.39 is 17.1 Å². The van der Waals surface area contributed by atoms with E-state index in [1.54, 1.807) is 29.2 Å². The molecule has 1 saturated heterocycles. The largest absolute Gasteiger partial charge is 0.460 e. The fourth-order valence-electron chi connectivity index (χ4n) is 3.38. The Morgan fingerprint density at radius 1 is 1.09 bits per heavy atom. The van der Waals surface area contributed by atoms with E-state index in [2.05, 4.69) is 10.1 Å². The van der Waals surface area contributed by atoms with Crippen molar-refractivity contribution in [1.82, 2.24) is 19.5 Å². The molecule has 1 aliphatic heterocycles. The average Bonchev–Trinajstić information content (AvgIpc) is 3.31. The van der Waals surface area contributed by atoms with Crippen LogP contribution in [0.3, 0.4) is 0 Å². The lowest BCUT2D eigenvalue weighted by atomic mass is 10.1. The van der Waals surface area contributed by atoms with E-state index in [-0.39, 0.29) is 33.6 Å². The van der Waals surface area contributed by atoms with E-state index in [1.165, 1.54) is 12.2 Å². The van der Waals surface area contributed by atoms with Crippen molar-refractivity contribution in [1.29, 1.82) is 0 Å². The Morgan fingerprint density at radius 3 is 2.44 bits per heavy atom. The molecule has 32 heavy (non-hydrogen) atoms. The summed E-state index contributed by atoms with van der Waals surface area (Å²) < 4.78 is 67.0. The van der Waals surface area contributed by atoms with E-state index in [1.807, 2.05) is 0 Å². The molecule has 0 spiro atoms. The zero-order valence-electron chi connectivity index (χ0n) is 16.4. The second-order valence-corrected chi connectivity index (χ2v) is 8.58. The summed E-state index contributed by atoms with van der Waals surface area (Å²) in [6.07, 6.45) is -0.440. The van der Waals surface area contributed by atoms with Gasteiger partial charge in [-0.3, -0.25) is 4.79 Å². The molecule has 1 amide bonds. The predicted molar refractivity (Wildman–Crippen MR) is 111 cm³/mol. The van der Waals surface area contributed by atoms with Gasteiger partial charge < -0.3 is 4.90 Å². The first-order chi connectivity index (χ1) is 15.1. The van der Waals surface area contributed by atoms with Gasteiger partial charge in [0, 0.05) is 24.7 Å². The second kappa shape index (κ2) is 8.43. The van der Waals surface area contributed by atoms with E-state index in [0.29, 0.717) is 23.7 Å². The van der Waals surface area contributed by atoms with Gasteiger partial charge in [-0.1, -0.05) is 41.1 Å². The number of imidazole rings is 1. The average molecular weight is 491 g/mol. The molecule has 3 aromatic rings. The number of likely N-dealkylation sites (tertiary alicyclic amines) is 1. The van der Waals surface area contributed by atoms with Crippen molar-refractivity contribution in [3.8, 4) is 11.3 Å². The van der Waals surface area contributed by atoms with E-state index >= 15 is 0 Å². The van der Waals surface area contributed by atoms with Gasteiger partial charge in [0.2, 0.25) is 10.9 Å². The van der Waals surface area contributed by atoms with Gasteiger partial charge in [0.15, 0.2) is 5.01 Å². The lowest BCUT2D eigenvalue weighted by Crippen LogP contribution is -2.34. The molecule has 3 heterocycles. The van der Waals surface area contributed by atoms with Crippen LogP contribution in [0.5, 0.6) is 0 Å². The number of hydrogen-bond acceptors (Lipinski definition) is 4. The Bertz CT molecular complexity index is 1180. The summed E-state index contributed by atoms with van der Waals surface area (Å²) in [7, 11) is 0. The van der Waals surface area contributed by atoms with Gasteiger partial charge >= 0.3 is 12.1 Å². The van der Waals surface area contributed by atoms with Crippen molar-refractivity contribution in [3.63, 3.8) is 0 Å². The van der Waals surface area contributed by atoms with Crippen molar-refractivity contribution >= 4 is 39.9 Å². The lowest BCUT2D eigenvalue weighted by Gasteiger charge is -2.25. The van der Waals surface area contributed by atoms with E-state index in [0.717, 1.165) is 23.8 Å². The van der Waals surface area contributed by atoms with Gasteiger partial charge in [0.1, 0.15) is 5.69 Å². The van der Waals surface area contributed by atoms with Gasteiger partial charge in [0.05, 0.1) is 10.7 Å². The highest BCUT2D eigenvalue weighted by molar-refractivity contribution is 7.16. The van der Waals surface area contributed by atoms with Gasteiger partial charge in [-0.05, 0) is 31.4 Å². The Morgan fingerprint density at radius 2 is 1.78 bits per heavy atom. The molecule has 0 radical (unpaired) electrons. The van der Waals surface area contributed by atoms with E-state index in [9.17, 15) is 26.7 Å². The van der Waals surface area contributed by atoms with E-state index in [4.69, 9.17) is 11.6 Å². The number of aromatic nitrogens is 3. The Balaban J connectivity index is 1.81. The molecule has 2 aromatic heterocycles. The van der Waals surface area contributed by atoms with Crippen molar-refractivity contribution in [2.45, 2.75) is 31.4 Å². The fourth-order valence-corrected chi connectivity index (χ4v) is 4.51. The number of nitrogens with zero attached hydrogens (tertiary/aromatic N) is 4. The number of benzene rings is 1. The van der Waals surface area contributed by atoms with Crippen molar-refractivity contribution in [3.05, 3.63) is 46.1 Å². The zero-order chi connectivity index (χ0) is 23.1. The standard InChI is InChI=1S/C20H16ClF5N4OS/c21-13-7-3-2-6-12(13)16-14(8-9-15(31)29-10-4-1-5-11-29)30-18(27-16)32-17(28-30)19(22,23)20(24,25)26/h2-3,6-9H,1,4-5,10-11H2/b9-8+. The van der Waals surface area contributed by atoms with Gasteiger partial charge in [0.25, 0.3) is 0 Å². The molecule has 0 aliphatic carbocycles. The molecular formula is C20H16ClF5N4OS. The summed E-state index contributed by atoms with van der Waals surface area (Å²) in [5.41, 5.74) is 0.735. The third-order valence-electron chi connectivity index (χ3n) is 5.04. The summed E-state index contributed by atoms with van der Waals surface area (Å²) in [5.74, 6) is -5.42. The number of rotatable bonds is 4. The third kappa shape index (κ3) is 4.11. The maximum Gasteiger partial charge on any atom is 0.460 e. The minimum Gasteiger partial charge on any atom is -0.339 e. The fraction of sp³-hybridized carbons (Fsp3) is 0.350. The quantitative estimate of drug-likeness (QED) is 0.343. The van der Waals surface area contributed by atoms with Crippen LogP contribution in [0, 0.1) is 0 Å². The van der Waals surface area contributed by atoms with Crippen LogP contribution in [-0.2, 0) is 10.7 Å². The maximum absolute atomic E-state index is 13.8. The summed E-state index contributed by atoms with van der Waals surface area (Å²) in [4.78, 5) is 18.2. The SMILES string of the molecule is O=C(/C=C/c1c(-c2ccccc2Cl)nc2sc(C(F)(F)C(F)(F)F)nn12)N1CCCCC1. The number of alkyl halides is 5. The summed E-state index contributed by atoms with van der Waals surface area (Å²) >= 11 is 6.37. The monoisotopic (exact) mass is 490 g/mol. The number of carbonyl (C=O) groups excluding carboxylic acids is 1. The zero-order valence-corrected chi connectivity index (χ0v) is 17.9. The first kappa shape index (κ1) is 22.7. The second-order valence-electron chi connectivity index (χ2n) is 7.22. The van der Waals surface area contributed by atoms with Gasteiger partial charge in [-0.2, -0.15) is 27.1 Å². The van der Waals surface area contributed by atoms with Crippen LogP contribution in [0.25, 0.3) is 22.3 Å². The molecule has 1 aromatic carbocycles. The summed E-state index contributed by atoms with van der Waals surface area (Å²) in [6.45, 7) is 1.20. The van der Waals surface area contributed by atoms with Crippen LogP contribution in [0.2, 0.25) is 5.02 Å². The molecule has 1 fully saturated rings. The number of carbonyl (C=O) groups is 1. The molecule has 5 nitrogen and oxygen atoms in total. The maximum atomic E-state index is 13.8. The van der Waals surface area contributed by atoms with Crippen LogP contribution in [-0.4, -0.2) is 44.7 Å². The number of amides is 1. The smallest absolute Gasteiger partial charge is 0.339 e. The molecule has 0 unspecified atom stereocenters. The predicted octanol–water partition coefficient (Wildman–Crippen LogP) is 5.79. The number of piperidine rings is 1. The Hall–Kier alpha value is -2.53. The highest BCUT2D eigenvalue weighted by atomic mass is 35.5. The molecule has 170 valence electrons. The molecule has 0 saturated carbocycles. The molecule has 0 atom stereocenters. The molecule has 0 bridgehead atoms. The first-order valence-corrected chi connectivity index (χ1v) is 10.9. The number of hydrogen-bond donors (Lipinski definition) is 0. The molecule has 1 aliphatic rings. The van der Waals surface area contributed by atoms with Crippen LogP contribution < -0.4 is 0 Å². The minimum atomic E-state index is -5.80. The molecule has 12 heteroatoms. The van der Waals surface area contributed by atoms with Crippen LogP contribution >= 0.6 is 22.9 Å². The van der Waals surface area contributed by atoms with Gasteiger partial charge in [-0.15, -0.1) is 0 Å². The number of halogens is 6. The lowest BCUT2D eigenvalue weighted by molar-refractivity contribution is -0.289. The number of fused-ring (bicyclic) bond motifs is 1. The molecule has 4 rings (SSSR count). The molecular weight excluding hydrogens is 475 g/mol. The topological polar surface area (TPSA) is 50.5 Å². The van der Waals surface area contributed by atoms with Crippen LogP contribution in [0.15, 0.2) is 30.3 Å². The summed E-state index contributed by atoms with van der Waals surface area (Å²) in [5, 5.41) is 2.37. The minimum absolute atomic E-state index is 0.0823. The van der Waals surface area contributed by atoms with Crippen molar-refractivity contribution < 1.29 is 26.7 Å². The first-order valence-electron chi connectivity index (χ1n) is 9.66. The van der Waals surface area contributed by atoms with Crippen molar-refractivity contribution in [2.75, 3.05) is 13.1 Å². The normalized spacial score (nSPS) is 15.8. The Kier molecular flexibility index (Phi) is 5.97. The molecule has 0 N–H and O–H groups in total. The third-order valence-corrected chi connectivity index (χ3v) is 6.35. The van der Waals surface area contributed by atoms with Crippen LogP contribution in [0.1, 0.15) is 30.0 Å². The van der Waals surface area contributed by atoms with Crippen LogP contribution in [0.4, 0.5) is 22.0 Å². The highest BCUT2D eigenvalue weighted by Gasteiger charge is 2.61. The highest BCUT2D eigenvalue weighted by Crippen LogP contribution is 2.45. The summed E-state index contributed by atoms with van der Waals surface area (Å²) in [6, 6.07) is 6.58. The Labute approximate surface area is 188 Å².